The van der Waals surface area contributed by atoms with Gasteiger partial charge in [0.25, 0.3) is 0 Å². The maximum atomic E-state index is 4.29. The molecule has 3 nitrogen and oxygen atoms in total. The van der Waals surface area contributed by atoms with Gasteiger partial charge in [0.1, 0.15) is 0 Å². The molecular formula is C17H16BrN3. The van der Waals surface area contributed by atoms with Crippen LogP contribution < -0.4 is 5.32 Å². The zero-order valence-electron chi connectivity index (χ0n) is 11.6. The van der Waals surface area contributed by atoms with Crippen molar-refractivity contribution in [3.8, 4) is 0 Å². The van der Waals surface area contributed by atoms with E-state index in [9.17, 15) is 0 Å². The summed E-state index contributed by atoms with van der Waals surface area (Å²) in [5, 5.41) is 6.03. The SMILES string of the molecule is Brc1ccc(NCc2cncn2C2CC2)c2ccccc12. The Kier molecular flexibility index (Phi) is 3.19. The third-order valence-electron chi connectivity index (χ3n) is 4.02. The summed E-state index contributed by atoms with van der Waals surface area (Å²) in [5.41, 5.74) is 2.42. The molecule has 1 aliphatic rings. The van der Waals surface area contributed by atoms with Crippen LogP contribution >= 0.6 is 15.9 Å². The first kappa shape index (κ1) is 12.9. The van der Waals surface area contributed by atoms with Crippen molar-refractivity contribution >= 4 is 32.4 Å². The standard InChI is InChI=1S/C17H16BrN3/c18-16-7-8-17(15-4-2-1-3-14(15)16)20-10-13-9-19-11-21(13)12-5-6-12/h1-4,7-9,11-12,20H,5-6,10H2. The Hall–Kier alpha value is -1.81. The van der Waals surface area contributed by atoms with E-state index in [-0.39, 0.29) is 0 Å². The lowest BCUT2D eigenvalue weighted by molar-refractivity contribution is 0.701. The van der Waals surface area contributed by atoms with Gasteiger partial charge in [0.2, 0.25) is 0 Å². The number of halogens is 1. The predicted molar refractivity (Wildman–Crippen MR) is 89.5 cm³/mol. The first-order valence-electron chi connectivity index (χ1n) is 7.25. The Balaban J connectivity index is 1.62. The van der Waals surface area contributed by atoms with E-state index in [0.29, 0.717) is 6.04 Å². The van der Waals surface area contributed by atoms with Gasteiger partial charge in [-0.3, -0.25) is 0 Å². The normalized spacial score (nSPS) is 14.5. The van der Waals surface area contributed by atoms with Crippen molar-refractivity contribution in [2.24, 2.45) is 0 Å². The van der Waals surface area contributed by atoms with Crippen LogP contribution in [0.15, 0.2) is 53.4 Å². The van der Waals surface area contributed by atoms with Crippen molar-refractivity contribution < 1.29 is 0 Å². The highest BCUT2D eigenvalue weighted by molar-refractivity contribution is 9.10. The highest BCUT2D eigenvalue weighted by Crippen LogP contribution is 2.36. The van der Waals surface area contributed by atoms with E-state index >= 15 is 0 Å². The second kappa shape index (κ2) is 5.19. The molecule has 4 rings (SSSR count). The molecule has 1 aromatic heterocycles. The lowest BCUT2D eigenvalue weighted by atomic mass is 10.1. The largest absolute Gasteiger partial charge is 0.379 e. The predicted octanol–water partition coefficient (Wildman–Crippen LogP) is 4.75. The van der Waals surface area contributed by atoms with Crippen molar-refractivity contribution in [1.82, 2.24) is 9.55 Å². The molecule has 0 spiro atoms. The van der Waals surface area contributed by atoms with E-state index in [0.717, 1.165) is 16.7 Å². The fraction of sp³-hybridized carbons (Fsp3) is 0.235. The molecule has 0 bridgehead atoms. The van der Waals surface area contributed by atoms with Crippen LogP contribution in [0.25, 0.3) is 10.8 Å². The van der Waals surface area contributed by atoms with Gasteiger partial charge in [-0.05, 0) is 30.4 Å². The Labute approximate surface area is 132 Å². The molecule has 0 amide bonds. The van der Waals surface area contributed by atoms with Gasteiger partial charge in [-0.15, -0.1) is 0 Å². The molecule has 1 fully saturated rings. The minimum Gasteiger partial charge on any atom is -0.379 e. The van der Waals surface area contributed by atoms with Gasteiger partial charge in [-0.1, -0.05) is 40.2 Å². The van der Waals surface area contributed by atoms with Crippen molar-refractivity contribution in [1.29, 1.82) is 0 Å². The van der Waals surface area contributed by atoms with Crippen LogP contribution in [0.2, 0.25) is 0 Å². The number of aromatic nitrogens is 2. The number of rotatable bonds is 4. The molecule has 4 heteroatoms. The number of imidazole rings is 1. The summed E-state index contributed by atoms with van der Waals surface area (Å²) in [6.07, 6.45) is 6.48. The number of benzene rings is 2. The maximum Gasteiger partial charge on any atom is 0.0951 e. The Morgan fingerprint density at radius 3 is 2.76 bits per heavy atom. The monoisotopic (exact) mass is 341 g/mol. The van der Waals surface area contributed by atoms with Crippen LogP contribution in [0.5, 0.6) is 0 Å². The molecule has 0 saturated heterocycles. The van der Waals surface area contributed by atoms with Gasteiger partial charge < -0.3 is 9.88 Å². The molecule has 0 aliphatic heterocycles. The van der Waals surface area contributed by atoms with Gasteiger partial charge in [0, 0.05) is 27.8 Å². The molecule has 2 aromatic carbocycles. The average molecular weight is 342 g/mol. The summed E-state index contributed by atoms with van der Waals surface area (Å²) in [6.45, 7) is 0.808. The Morgan fingerprint density at radius 1 is 1.14 bits per heavy atom. The molecule has 1 heterocycles. The lowest BCUT2D eigenvalue weighted by Crippen LogP contribution is -2.06. The number of fused-ring (bicyclic) bond motifs is 1. The highest BCUT2D eigenvalue weighted by atomic mass is 79.9. The first-order chi connectivity index (χ1) is 10.3. The van der Waals surface area contributed by atoms with Crippen molar-refractivity contribution in [2.75, 3.05) is 5.32 Å². The van der Waals surface area contributed by atoms with Gasteiger partial charge in [-0.25, -0.2) is 4.98 Å². The maximum absolute atomic E-state index is 4.29. The van der Waals surface area contributed by atoms with E-state index in [1.165, 1.54) is 29.3 Å². The number of hydrogen-bond acceptors (Lipinski definition) is 2. The van der Waals surface area contributed by atoms with Crippen molar-refractivity contribution in [2.45, 2.75) is 25.4 Å². The highest BCUT2D eigenvalue weighted by Gasteiger charge is 2.24. The number of hydrogen-bond donors (Lipinski definition) is 1. The fourth-order valence-corrected chi connectivity index (χ4v) is 3.23. The number of nitrogens with one attached hydrogen (secondary N) is 1. The Bertz CT molecular complexity index is 790. The summed E-state index contributed by atoms with van der Waals surface area (Å²) in [6, 6.07) is 13.3. The van der Waals surface area contributed by atoms with Gasteiger partial charge >= 0.3 is 0 Å². The smallest absolute Gasteiger partial charge is 0.0951 e. The molecule has 3 aromatic rings. The summed E-state index contributed by atoms with van der Waals surface area (Å²) < 4.78 is 3.43. The number of anilines is 1. The minimum atomic E-state index is 0.672. The Morgan fingerprint density at radius 2 is 1.95 bits per heavy atom. The van der Waals surface area contributed by atoms with Gasteiger partial charge in [-0.2, -0.15) is 0 Å². The molecule has 0 unspecified atom stereocenters. The van der Waals surface area contributed by atoms with Crippen LogP contribution in [0, 0.1) is 0 Å². The van der Waals surface area contributed by atoms with E-state index in [4.69, 9.17) is 0 Å². The first-order valence-corrected chi connectivity index (χ1v) is 8.04. The van der Waals surface area contributed by atoms with Crippen molar-refractivity contribution in [3.63, 3.8) is 0 Å². The molecule has 1 saturated carbocycles. The fourth-order valence-electron chi connectivity index (χ4n) is 2.75. The van der Waals surface area contributed by atoms with Gasteiger partial charge in [0.15, 0.2) is 0 Å². The lowest BCUT2D eigenvalue weighted by Gasteiger charge is -2.12. The quantitative estimate of drug-likeness (QED) is 0.742. The van der Waals surface area contributed by atoms with E-state index in [1.807, 2.05) is 12.5 Å². The van der Waals surface area contributed by atoms with Crippen LogP contribution in [0.3, 0.4) is 0 Å². The van der Waals surface area contributed by atoms with Crippen LogP contribution in [0.4, 0.5) is 5.69 Å². The van der Waals surface area contributed by atoms with Crippen LogP contribution in [-0.2, 0) is 6.54 Å². The van der Waals surface area contributed by atoms with E-state index < -0.39 is 0 Å². The summed E-state index contributed by atoms with van der Waals surface area (Å²) in [4.78, 5) is 4.29. The van der Waals surface area contributed by atoms with E-state index in [1.54, 1.807) is 0 Å². The molecule has 106 valence electrons. The third-order valence-corrected chi connectivity index (χ3v) is 4.71. The minimum absolute atomic E-state index is 0.672. The third kappa shape index (κ3) is 2.44. The number of nitrogens with zero attached hydrogens (tertiary/aromatic N) is 2. The molecule has 0 radical (unpaired) electrons. The average Bonchev–Trinajstić information content (AvgIpc) is 3.26. The zero-order chi connectivity index (χ0) is 14.2. The van der Waals surface area contributed by atoms with E-state index in [2.05, 4.69) is 67.2 Å². The molecule has 1 aliphatic carbocycles. The molecule has 21 heavy (non-hydrogen) atoms. The van der Waals surface area contributed by atoms with Gasteiger partial charge in [0.05, 0.1) is 18.6 Å². The van der Waals surface area contributed by atoms with Crippen LogP contribution in [0.1, 0.15) is 24.6 Å². The summed E-state index contributed by atoms with van der Waals surface area (Å²) in [7, 11) is 0. The second-order valence-electron chi connectivity index (χ2n) is 5.52. The molecular weight excluding hydrogens is 326 g/mol. The van der Waals surface area contributed by atoms with Crippen molar-refractivity contribution in [3.05, 3.63) is 59.1 Å². The van der Waals surface area contributed by atoms with Crippen LogP contribution in [-0.4, -0.2) is 9.55 Å². The summed E-state index contributed by atoms with van der Waals surface area (Å²) >= 11 is 3.62. The second-order valence-corrected chi connectivity index (χ2v) is 6.37. The zero-order valence-corrected chi connectivity index (χ0v) is 13.2. The summed E-state index contributed by atoms with van der Waals surface area (Å²) in [5.74, 6) is 0. The molecule has 1 N–H and O–H groups in total. The topological polar surface area (TPSA) is 29.9 Å². The molecule has 0 atom stereocenters.